The van der Waals surface area contributed by atoms with Crippen LogP contribution >= 0.6 is 0 Å². The Morgan fingerprint density at radius 3 is 2.31 bits per heavy atom. The highest BCUT2D eigenvalue weighted by molar-refractivity contribution is 7.90. The van der Waals surface area contributed by atoms with E-state index in [2.05, 4.69) is 83.2 Å². The van der Waals surface area contributed by atoms with Gasteiger partial charge in [0.05, 0.1) is 9.82 Å². The van der Waals surface area contributed by atoms with E-state index in [-0.39, 0.29) is 21.8 Å². The van der Waals surface area contributed by atoms with Crippen LogP contribution in [0.1, 0.15) is 94.5 Å². The lowest BCUT2D eigenvalue weighted by molar-refractivity contribution is -0.384. The van der Waals surface area contributed by atoms with Gasteiger partial charge in [0.25, 0.3) is 21.6 Å². The Bertz CT molecular complexity index is 1940. The third-order valence-corrected chi connectivity index (χ3v) is 14.7. The summed E-state index contributed by atoms with van der Waals surface area (Å²) in [5, 5.41) is 15.0. The van der Waals surface area contributed by atoms with E-state index < -0.39 is 20.9 Å². The summed E-state index contributed by atoms with van der Waals surface area (Å²) in [4.78, 5) is 29.1. The van der Waals surface area contributed by atoms with Crippen LogP contribution in [0, 0.1) is 39.2 Å². The lowest BCUT2D eigenvalue weighted by Crippen LogP contribution is -2.61. The van der Waals surface area contributed by atoms with Gasteiger partial charge >= 0.3 is 0 Å². The normalized spacial score (nSPS) is 24.5. The van der Waals surface area contributed by atoms with Gasteiger partial charge < -0.3 is 15.1 Å². The van der Waals surface area contributed by atoms with E-state index in [0.717, 1.165) is 75.2 Å². The van der Waals surface area contributed by atoms with Gasteiger partial charge in [0.2, 0.25) is 0 Å². The van der Waals surface area contributed by atoms with Crippen molar-refractivity contribution in [1.82, 2.24) is 9.62 Å². The highest BCUT2D eigenvalue weighted by atomic mass is 32.2. The number of sulfonamides is 1. The SMILES string of the molecule is C[C@@H]1[C@@H](N(C=Cc2ccccc2)C2CCN(c3ccc(C(=O)NS(=O)(=O)c4ccc(NCC5CCCCC5)c([N+](=O)[O-])c4)cc3)CC2)C[C@H]2C[C@@H]1C2(C)C. The van der Waals surface area contributed by atoms with Gasteiger partial charge in [0.1, 0.15) is 5.69 Å². The molecule has 54 heavy (non-hydrogen) atoms. The third-order valence-electron chi connectivity index (χ3n) is 13.3. The summed E-state index contributed by atoms with van der Waals surface area (Å²) < 4.78 is 28.6. The Kier molecular flexibility index (Phi) is 11.1. The highest BCUT2D eigenvalue weighted by Gasteiger charge is 2.57. The van der Waals surface area contributed by atoms with Gasteiger partial charge in [-0.05, 0) is 116 Å². The molecule has 0 radical (unpaired) electrons. The van der Waals surface area contributed by atoms with Crippen molar-refractivity contribution in [1.29, 1.82) is 0 Å². The fraction of sp³-hybridized carbons (Fsp3) is 0.512. The van der Waals surface area contributed by atoms with Crippen molar-refractivity contribution in [3.63, 3.8) is 0 Å². The number of hydrogen-bond acceptors (Lipinski definition) is 8. The molecular formula is C43H55N5O5S. The van der Waals surface area contributed by atoms with Crippen molar-refractivity contribution in [3.8, 4) is 0 Å². The van der Waals surface area contributed by atoms with E-state index >= 15 is 0 Å². The molecule has 4 aliphatic carbocycles. The minimum Gasteiger partial charge on any atom is -0.379 e. The fourth-order valence-electron chi connectivity index (χ4n) is 9.87. The average Bonchev–Trinajstić information content (AvgIpc) is 3.18. The van der Waals surface area contributed by atoms with E-state index in [1.54, 1.807) is 12.1 Å². The Morgan fingerprint density at radius 1 is 0.963 bits per heavy atom. The molecule has 0 spiro atoms. The molecule has 8 rings (SSSR count). The highest BCUT2D eigenvalue weighted by Crippen LogP contribution is 2.62. The van der Waals surface area contributed by atoms with Crippen LogP contribution < -0.4 is 14.9 Å². The van der Waals surface area contributed by atoms with Crippen LogP contribution in [0.25, 0.3) is 6.08 Å². The molecule has 1 saturated heterocycles. The zero-order chi connectivity index (χ0) is 38.0. The van der Waals surface area contributed by atoms with E-state index in [4.69, 9.17) is 0 Å². The predicted octanol–water partition coefficient (Wildman–Crippen LogP) is 8.72. The van der Waals surface area contributed by atoms with Crippen LogP contribution in [-0.2, 0) is 10.0 Å². The second-order valence-corrected chi connectivity index (χ2v) is 18.4. The monoisotopic (exact) mass is 753 g/mol. The summed E-state index contributed by atoms with van der Waals surface area (Å²) in [7, 11) is -4.36. The Labute approximate surface area is 320 Å². The summed E-state index contributed by atoms with van der Waals surface area (Å²) in [6, 6.07) is 22.2. The van der Waals surface area contributed by atoms with Crippen molar-refractivity contribution in [2.24, 2.45) is 29.1 Å². The van der Waals surface area contributed by atoms with Crippen LogP contribution in [0.4, 0.5) is 17.1 Å². The molecule has 5 fully saturated rings. The Hall–Kier alpha value is -4.38. The first-order valence-electron chi connectivity index (χ1n) is 19.9. The van der Waals surface area contributed by atoms with Crippen molar-refractivity contribution in [3.05, 3.63) is 100 Å². The van der Waals surface area contributed by atoms with Crippen LogP contribution in [0.15, 0.2) is 83.9 Å². The molecule has 1 aliphatic heterocycles. The van der Waals surface area contributed by atoms with Gasteiger partial charge in [0, 0.05) is 55.2 Å². The minimum absolute atomic E-state index is 0.197. The molecule has 288 valence electrons. The molecule has 4 saturated carbocycles. The number of nitrogens with zero attached hydrogens (tertiary/aromatic N) is 3. The fourth-order valence-corrected chi connectivity index (χ4v) is 10.9. The molecule has 1 amide bonds. The number of anilines is 2. The summed E-state index contributed by atoms with van der Waals surface area (Å²) in [6.07, 6.45) is 14.9. The van der Waals surface area contributed by atoms with E-state index in [0.29, 0.717) is 35.9 Å². The number of nitrogens with one attached hydrogen (secondary N) is 2. The number of fused-ring (bicyclic) bond motifs is 2. The molecule has 0 unspecified atom stereocenters. The lowest BCUT2D eigenvalue weighted by Gasteiger charge is -2.64. The summed E-state index contributed by atoms with van der Waals surface area (Å²) in [5.74, 6) is 1.82. The van der Waals surface area contributed by atoms with Crippen molar-refractivity contribution in [2.45, 2.75) is 95.5 Å². The molecule has 11 heteroatoms. The smallest absolute Gasteiger partial charge is 0.293 e. The molecule has 1 heterocycles. The lowest BCUT2D eigenvalue weighted by atomic mass is 9.44. The second-order valence-electron chi connectivity index (χ2n) is 16.7. The van der Waals surface area contributed by atoms with Gasteiger partial charge in [-0.1, -0.05) is 70.4 Å². The number of rotatable bonds is 12. The first kappa shape index (κ1) is 37.9. The number of piperidine rings is 1. The first-order valence-corrected chi connectivity index (χ1v) is 21.3. The van der Waals surface area contributed by atoms with Crippen LogP contribution in [0.3, 0.4) is 0 Å². The molecule has 3 aromatic rings. The summed E-state index contributed by atoms with van der Waals surface area (Å²) in [6.45, 7) is 9.73. The van der Waals surface area contributed by atoms with Crippen molar-refractivity contribution >= 4 is 39.1 Å². The molecule has 2 N–H and O–H groups in total. The van der Waals surface area contributed by atoms with Crippen molar-refractivity contribution < 1.29 is 18.1 Å². The third kappa shape index (κ3) is 8.02. The molecule has 0 aromatic heterocycles. The zero-order valence-corrected chi connectivity index (χ0v) is 32.6. The first-order chi connectivity index (χ1) is 25.9. The second kappa shape index (κ2) is 15.8. The molecule has 4 atom stereocenters. The Morgan fingerprint density at radius 2 is 1.67 bits per heavy atom. The van der Waals surface area contributed by atoms with Crippen LogP contribution in [-0.4, -0.2) is 55.9 Å². The number of carbonyl (C=O) groups is 1. The largest absolute Gasteiger partial charge is 0.379 e. The molecule has 5 aliphatic rings. The van der Waals surface area contributed by atoms with Crippen LogP contribution in [0.2, 0.25) is 0 Å². The molecular weight excluding hydrogens is 699 g/mol. The molecule has 10 nitrogen and oxygen atoms in total. The number of amides is 1. The van der Waals surface area contributed by atoms with E-state index in [9.17, 15) is 23.3 Å². The maximum atomic E-state index is 13.2. The average molecular weight is 754 g/mol. The maximum Gasteiger partial charge on any atom is 0.293 e. The summed E-state index contributed by atoms with van der Waals surface area (Å²) >= 11 is 0. The van der Waals surface area contributed by atoms with Crippen molar-refractivity contribution in [2.75, 3.05) is 29.9 Å². The number of hydrogen-bond donors (Lipinski definition) is 2. The number of benzene rings is 3. The maximum absolute atomic E-state index is 13.2. The predicted molar refractivity (Wildman–Crippen MR) is 215 cm³/mol. The topological polar surface area (TPSA) is 125 Å². The Balaban J connectivity index is 0.975. The van der Waals surface area contributed by atoms with Gasteiger partial charge in [-0.25, -0.2) is 13.1 Å². The van der Waals surface area contributed by atoms with E-state index in [1.807, 2.05) is 12.1 Å². The van der Waals surface area contributed by atoms with Gasteiger partial charge in [-0.3, -0.25) is 14.9 Å². The van der Waals surface area contributed by atoms with Crippen LogP contribution in [0.5, 0.6) is 0 Å². The standard InChI is InChI=1S/C43H55N5O5S/c1-30-38-26-34(43(38,2)3)27-40(30)47(25-20-31-10-6-4-7-11-31)36-21-23-46(24-22-36)35-16-14-33(15-17-35)42(49)45-54(52,53)37-18-19-39(41(28-37)48(50)51)44-29-32-12-8-5-9-13-32/h4,6-7,10-11,14-20,25,28,30,32,34,36,38,40,44H,5,8-9,12-13,21-24,26-27,29H2,1-3H3,(H,45,49)/t30-,34+,38-,40-/m0/s1. The zero-order valence-electron chi connectivity index (χ0n) is 31.8. The van der Waals surface area contributed by atoms with Gasteiger partial charge in [-0.15, -0.1) is 0 Å². The minimum atomic E-state index is -4.36. The van der Waals surface area contributed by atoms with Gasteiger partial charge in [0.15, 0.2) is 0 Å². The number of nitro benzene ring substituents is 1. The summed E-state index contributed by atoms with van der Waals surface area (Å²) in [5.41, 5.74) is 2.76. The number of carbonyl (C=O) groups excluding carboxylic acids is 1. The molecule has 3 aromatic carbocycles. The van der Waals surface area contributed by atoms with E-state index in [1.165, 1.54) is 37.0 Å². The van der Waals surface area contributed by atoms with Gasteiger partial charge in [-0.2, -0.15) is 0 Å². The molecule has 2 bridgehead atoms. The number of nitro groups is 1. The quantitative estimate of drug-likeness (QED) is 0.139.